The van der Waals surface area contributed by atoms with E-state index in [0.717, 1.165) is 12.0 Å². The maximum absolute atomic E-state index is 13.3. The zero-order valence-electron chi connectivity index (χ0n) is 15.2. The van der Waals surface area contributed by atoms with Crippen molar-refractivity contribution in [3.05, 3.63) is 101 Å². The van der Waals surface area contributed by atoms with Crippen LogP contribution in [0.15, 0.2) is 78.4 Å². The topological polar surface area (TPSA) is 34.1 Å². The summed E-state index contributed by atoms with van der Waals surface area (Å²) in [5.74, 6) is -0.0132. The zero-order valence-corrected chi connectivity index (χ0v) is 15.2. The number of hydrogen-bond donors (Lipinski definition) is 0. The van der Waals surface area contributed by atoms with Crippen molar-refractivity contribution in [2.24, 2.45) is 0 Å². The fourth-order valence-corrected chi connectivity index (χ4v) is 4.85. The van der Waals surface area contributed by atoms with E-state index in [2.05, 4.69) is 36.4 Å². The molecule has 0 aromatic heterocycles. The Kier molecular flexibility index (Phi) is 3.05. The standard InChI is InChI=1S/C26H16O2/c27-25-21-7-3-4-8-22(21)26(28)24-20-13-11-17-16-6-2-1-5-15(16)9-10-18(17)19(20)12-14-23(24)25/h1-11,13H,12,14H2. The van der Waals surface area contributed by atoms with Crippen LogP contribution in [0.25, 0.3) is 27.1 Å². The maximum Gasteiger partial charge on any atom is 0.194 e. The van der Waals surface area contributed by atoms with Crippen LogP contribution < -0.4 is 0 Å². The molecule has 2 aliphatic carbocycles. The van der Waals surface area contributed by atoms with Gasteiger partial charge in [0.2, 0.25) is 0 Å². The van der Waals surface area contributed by atoms with Crippen LogP contribution in [-0.2, 0) is 6.42 Å². The Labute approximate surface area is 162 Å². The number of aryl methyl sites for hydroxylation is 1. The van der Waals surface area contributed by atoms with Crippen LogP contribution in [0.3, 0.4) is 0 Å². The normalized spacial score (nSPS) is 15.6. The van der Waals surface area contributed by atoms with Crippen molar-refractivity contribution in [1.29, 1.82) is 0 Å². The molecule has 4 aromatic carbocycles. The summed E-state index contributed by atoms with van der Waals surface area (Å²) in [5, 5.41) is 4.82. The summed E-state index contributed by atoms with van der Waals surface area (Å²) in [7, 11) is 0. The molecule has 0 spiro atoms. The van der Waals surface area contributed by atoms with Crippen molar-refractivity contribution < 1.29 is 9.59 Å². The maximum atomic E-state index is 13.3. The van der Waals surface area contributed by atoms with Crippen molar-refractivity contribution in [2.45, 2.75) is 12.8 Å². The van der Waals surface area contributed by atoms with Gasteiger partial charge in [-0.05, 0) is 45.5 Å². The van der Waals surface area contributed by atoms with Gasteiger partial charge in [0, 0.05) is 22.3 Å². The molecule has 0 aliphatic heterocycles. The highest BCUT2D eigenvalue weighted by molar-refractivity contribution is 6.41. The first-order valence-corrected chi connectivity index (χ1v) is 9.59. The summed E-state index contributed by atoms with van der Waals surface area (Å²) in [5.41, 5.74) is 4.47. The summed E-state index contributed by atoms with van der Waals surface area (Å²) >= 11 is 0. The lowest BCUT2D eigenvalue weighted by atomic mass is 9.73. The number of allylic oxidation sites excluding steroid dienone is 2. The van der Waals surface area contributed by atoms with Gasteiger partial charge in [0.1, 0.15) is 0 Å². The molecule has 2 nitrogen and oxygen atoms in total. The first kappa shape index (κ1) is 15.5. The van der Waals surface area contributed by atoms with Gasteiger partial charge in [-0.1, -0.05) is 72.8 Å². The van der Waals surface area contributed by atoms with Crippen molar-refractivity contribution >= 4 is 38.7 Å². The second-order valence-corrected chi connectivity index (χ2v) is 7.53. The molecule has 28 heavy (non-hydrogen) atoms. The predicted molar refractivity (Wildman–Crippen MR) is 112 cm³/mol. The third kappa shape index (κ3) is 1.92. The monoisotopic (exact) mass is 360 g/mol. The zero-order chi connectivity index (χ0) is 18.8. The van der Waals surface area contributed by atoms with Crippen molar-refractivity contribution in [1.82, 2.24) is 0 Å². The molecule has 0 saturated carbocycles. The molecule has 0 bridgehead atoms. The van der Waals surface area contributed by atoms with Gasteiger partial charge in [-0.2, -0.15) is 0 Å². The summed E-state index contributed by atoms with van der Waals surface area (Å²) in [6.45, 7) is 0. The molecule has 0 N–H and O–H groups in total. The molecule has 0 saturated heterocycles. The van der Waals surface area contributed by atoms with Crippen LogP contribution in [0.2, 0.25) is 0 Å². The molecular weight excluding hydrogens is 344 g/mol. The number of carbonyl (C=O) groups excluding carboxylic acids is 2. The lowest BCUT2D eigenvalue weighted by Gasteiger charge is -2.27. The van der Waals surface area contributed by atoms with Gasteiger partial charge in [-0.3, -0.25) is 9.59 Å². The fourth-order valence-electron chi connectivity index (χ4n) is 4.85. The minimum Gasteiger partial charge on any atom is -0.289 e. The molecule has 4 aromatic rings. The van der Waals surface area contributed by atoms with Gasteiger partial charge in [0.25, 0.3) is 0 Å². The van der Waals surface area contributed by atoms with E-state index >= 15 is 0 Å². The molecule has 0 unspecified atom stereocenters. The Balaban J connectivity index is 1.65. The number of carbonyl (C=O) groups is 2. The number of Topliss-reactive ketones (excluding diaryl/α,β-unsaturated/α-hetero) is 2. The third-order valence-electron chi connectivity index (χ3n) is 6.15. The van der Waals surface area contributed by atoms with Crippen LogP contribution in [-0.4, -0.2) is 11.6 Å². The SMILES string of the molecule is O=C1C2=C(C(=O)c3ccccc31)c1ccc3c(ccc4ccccc43)c1CC2. The predicted octanol–water partition coefficient (Wildman–Crippen LogP) is 5.77. The van der Waals surface area contributed by atoms with Gasteiger partial charge >= 0.3 is 0 Å². The number of ketones is 2. The Morgan fingerprint density at radius 1 is 0.536 bits per heavy atom. The van der Waals surface area contributed by atoms with Crippen LogP contribution in [0.1, 0.15) is 38.3 Å². The van der Waals surface area contributed by atoms with Crippen LogP contribution in [0.5, 0.6) is 0 Å². The highest BCUT2D eigenvalue weighted by atomic mass is 16.1. The smallest absolute Gasteiger partial charge is 0.194 e. The number of rotatable bonds is 0. The molecule has 2 heteroatoms. The number of hydrogen-bond acceptors (Lipinski definition) is 2. The molecule has 0 heterocycles. The van der Waals surface area contributed by atoms with Gasteiger partial charge in [0.05, 0.1) is 0 Å². The lowest BCUT2D eigenvalue weighted by molar-refractivity contribution is 0.0988. The van der Waals surface area contributed by atoms with E-state index in [4.69, 9.17) is 0 Å². The number of fused-ring (bicyclic) bond motifs is 7. The fraction of sp³-hybridized carbons (Fsp3) is 0.0769. The third-order valence-corrected chi connectivity index (χ3v) is 6.15. The molecule has 2 aliphatic rings. The molecule has 0 atom stereocenters. The van der Waals surface area contributed by atoms with Gasteiger partial charge in [0.15, 0.2) is 11.6 Å². The summed E-state index contributed by atoms with van der Waals surface area (Å²) in [6.07, 6.45) is 1.40. The summed E-state index contributed by atoms with van der Waals surface area (Å²) in [6, 6.07) is 24.0. The van der Waals surface area contributed by atoms with Crippen molar-refractivity contribution in [2.75, 3.05) is 0 Å². The first-order chi connectivity index (χ1) is 13.7. The second kappa shape index (κ2) is 5.49. The quantitative estimate of drug-likeness (QED) is 0.373. The molecule has 0 radical (unpaired) electrons. The van der Waals surface area contributed by atoms with E-state index in [-0.39, 0.29) is 11.6 Å². The molecular formula is C26H16O2. The van der Waals surface area contributed by atoms with E-state index < -0.39 is 0 Å². The van der Waals surface area contributed by atoms with E-state index in [1.807, 2.05) is 24.3 Å². The Hall–Kier alpha value is -3.52. The highest BCUT2D eigenvalue weighted by Gasteiger charge is 2.35. The minimum atomic E-state index is -0.0220. The van der Waals surface area contributed by atoms with E-state index in [0.29, 0.717) is 28.7 Å². The van der Waals surface area contributed by atoms with Crippen LogP contribution in [0, 0.1) is 0 Å². The average molecular weight is 360 g/mol. The van der Waals surface area contributed by atoms with Gasteiger partial charge < -0.3 is 0 Å². The summed E-state index contributed by atoms with van der Waals surface area (Å²) in [4.78, 5) is 26.3. The summed E-state index contributed by atoms with van der Waals surface area (Å²) < 4.78 is 0. The Bertz CT molecular complexity index is 1390. The largest absolute Gasteiger partial charge is 0.289 e. The highest BCUT2D eigenvalue weighted by Crippen LogP contribution is 2.42. The molecule has 132 valence electrons. The second-order valence-electron chi connectivity index (χ2n) is 7.53. The van der Waals surface area contributed by atoms with E-state index in [1.54, 1.807) is 12.1 Å². The van der Waals surface area contributed by atoms with Gasteiger partial charge in [-0.25, -0.2) is 0 Å². The molecule has 0 amide bonds. The minimum absolute atomic E-state index is 0.00876. The first-order valence-electron chi connectivity index (χ1n) is 9.59. The van der Waals surface area contributed by atoms with Crippen LogP contribution >= 0.6 is 0 Å². The Morgan fingerprint density at radius 2 is 1.25 bits per heavy atom. The Morgan fingerprint density at radius 3 is 2.11 bits per heavy atom. The molecule has 6 rings (SSSR count). The number of benzene rings is 4. The van der Waals surface area contributed by atoms with E-state index in [9.17, 15) is 9.59 Å². The van der Waals surface area contributed by atoms with E-state index in [1.165, 1.54) is 27.1 Å². The van der Waals surface area contributed by atoms with Crippen molar-refractivity contribution in [3.63, 3.8) is 0 Å². The van der Waals surface area contributed by atoms with Crippen LogP contribution in [0.4, 0.5) is 0 Å². The average Bonchev–Trinajstić information content (AvgIpc) is 2.76. The lowest BCUT2D eigenvalue weighted by Crippen LogP contribution is -2.24. The molecule has 0 fully saturated rings. The van der Waals surface area contributed by atoms with Crippen molar-refractivity contribution in [3.8, 4) is 0 Å². The van der Waals surface area contributed by atoms with Gasteiger partial charge in [-0.15, -0.1) is 0 Å².